The van der Waals surface area contributed by atoms with Gasteiger partial charge in [-0.1, -0.05) is 0 Å². The maximum absolute atomic E-state index is 12.3. The zero-order valence-electron chi connectivity index (χ0n) is 12.7. The lowest BCUT2D eigenvalue weighted by Gasteiger charge is -2.35. The van der Waals surface area contributed by atoms with Crippen LogP contribution >= 0.6 is 0 Å². The Morgan fingerprint density at radius 3 is 2.52 bits per heavy atom. The van der Waals surface area contributed by atoms with Crippen molar-refractivity contribution in [2.24, 2.45) is 11.7 Å². The van der Waals surface area contributed by atoms with Crippen molar-refractivity contribution in [3.05, 3.63) is 0 Å². The van der Waals surface area contributed by atoms with Crippen LogP contribution in [0.4, 0.5) is 4.79 Å². The van der Waals surface area contributed by atoms with Crippen molar-refractivity contribution in [1.82, 2.24) is 10.2 Å². The third-order valence-corrected chi connectivity index (χ3v) is 3.89. The lowest BCUT2D eigenvalue weighted by Crippen LogP contribution is -2.54. The predicted molar refractivity (Wildman–Crippen MR) is 75.2 cm³/mol. The Morgan fingerprint density at radius 1 is 1.29 bits per heavy atom. The van der Waals surface area contributed by atoms with Crippen molar-refractivity contribution in [1.29, 1.82) is 0 Å². The molecule has 0 radical (unpaired) electrons. The summed E-state index contributed by atoms with van der Waals surface area (Å²) in [5.41, 5.74) is 4.43. The number of amides is 3. The van der Waals surface area contributed by atoms with Crippen molar-refractivity contribution >= 4 is 17.9 Å². The van der Waals surface area contributed by atoms with E-state index in [1.165, 1.54) is 4.90 Å². The topological polar surface area (TPSA) is 102 Å². The Labute approximate surface area is 124 Å². The molecule has 118 valence electrons. The van der Waals surface area contributed by atoms with Gasteiger partial charge in [0.2, 0.25) is 11.8 Å². The van der Waals surface area contributed by atoms with E-state index in [1.807, 2.05) is 0 Å². The van der Waals surface area contributed by atoms with Gasteiger partial charge < -0.3 is 15.8 Å². The molecule has 2 fully saturated rings. The zero-order chi connectivity index (χ0) is 15.8. The van der Waals surface area contributed by atoms with Gasteiger partial charge in [0, 0.05) is 6.04 Å². The number of carbonyl (C=O) groups is 3. The van der Waals surface area contributed by atoms with Crippen LogP contribution in [0.5, 0.6) is 0 Å². The summed E-state index contributed by atoms with van der Waals surface area (Å²) in [5.74, 6) is -0.794. The SMILES string of the molecule is CC(C)(C)OC(=O)N1[C@@H]2CCC(C2)[C@H]1C(=O)NCC(N)=O. The van der Waals surface area contributed by atoms with Crippen molar-refractivity contribution in [2.75, 3.05) is 6.54 Å². The van der Waals surface area contributed by atoms with Gasteiger partial charge in [-0.3, -0.25) is 14.5 Å². The van der Waals surface area contributed by atoms with E-state index >= 15 is 0 Å². The largest absolute Gasteiger partial charge is 0.444 e. The number of piperidine rings is 1. The van der Waals surface area contributed by atoms with Crippen LogP contribution in [0, 0.1) is 5.92 Å². The van der Waals surface area contributed by atoms with Crippen LogP contribution in [-0.4, -0.2) is 47.0 Å². The third kappa shape index (κ3) is 3.46. The number of fused-ring (bicyclic) bond motifs is 2. The average molecular weight is 297 g/mol. The zero-order valence-corrected chi connectivity index (χ0v) is 12.7. The molecule has 21 heavy (non-hydrogen) atoms. The molecule has 7 heteroatoms. The molecule has 1 aliphatic carbocycles. The number of nitrogens with zero attached hydrogens (tertiary/aromatic N) is 1. The summed E-state index contributed by atoms with van der Waals surface area (Å²) in [7, 11) is 0. The van der Waals surface area contributed by atoms with Gasteiger partial charge >= 0.3 is 6.09 Å². The molecule has 1 heterocycles. The first-order chi connectivity index (χ1) is 9.69. The van der Waals surface area contributed by atoms with Gasteiger partial charge in [0.15, 0.2) is 0 Å². The Morgan fingerprint density at radius 2 is 1.95 bits per heavy atom. The molecule has 3 atom stereocenters. The molecule has 1 aliphatic heterocycles. The molecule has 3 N–H and O–H groups in total. The molecule has 1 saturated heterocycles. The van der Waals surface area contributed by atoms with Gasteiger partial charge in [-0.15, -0.1) is 0 Å². The number of nitrogens with one attached hydrogen (secondary N) is 1. The van der Waals surface area contributed by atoms with E-state index in [-0.39, 0.29) is 24.4 Å². The second-order valence-electron chi connectivity index (χ2n) is 6.74. The molecule has 0 aromatic heterocycles. The lowest BCUT2D eigenvalue weighted by molar-refractivity contribution is -0.130. The maximum atomic E-state index is 12.3. The fourth-order valence-electron chi connectivity index (χ4n) is 3.18. The number of nitrogens with two attached hydrogens (primary N) is 1. The van der Waals surface area contributed by atoms with E-state index in [9.17, 15) is 14.4 Å². The lowest BCUT2D eigenvalue weighted by atomic mass is 9.98. The number of carbonyl (C=O) groups excluding carboxylic acids is 3. The van der Waals surface area contributed by atoms with E-state index in [4.69, 9.17) is 10.5 Å². The maximum Gasteiger partial charge on any atom is 0.411 e. The van der Waals surface area contributed by atoms with Gasteiger partial charge in [-0.25, -0.2) is 4.79 Å². The Bertz CT molecular complexity index is 458. The van der Waals surface area contributed by atoms with Crippen LogP contribution in [0.15, 0.2) is 0 Å². The van der Waals surface area contributed by atoms with Gasteiger partial charge in [-0.2, -0.15) is 0 Å². The van der Waals surface area contributed by atoms with Crippen LogP contribution in [0.25, 0.3) is 0 Å². The molecule has 2 rings (SSSR count). The number of hydrogen-bond donors (Lipinski definition) is 2. The Balaban J connectivity index is 2.08. The molecule has 2 bridgehead atoms. The first kappa shape index (κ1) is 15.6. The van der Waals surface area contributed by atoms with Crippen molar-refractivity contribution in [3.63, 3.8) is 0 Å². The highest BCUT2D eigenvalue weighted by Crippen LogP contribution is 2.43. The van der Waals surface area contributed by atoms with Crippen LogP contribution in [0.1, 0.15) is 40.0 Å². The highest BCUT2D eigenvalue weighted by molar-refractivity contribution is 5.90. The number of primary amides is 1. The minimum Gasteiger partial charge on any atom is -0.444 e. The Kier molecular flexibility index (Phi) is 4.11. The minimum absolute atomic E-state index is 0.0502. The summed E-state index contributed by atoms with van der Waals surface area (Å²) >= 11 is 0. The van der Waals surface area contributed by atoms with Crippen molar-refractivity contribution < 1.29 is 19.1 Å². The van der Waals surface area contributed by atoms with Crippen molar-refractivity contribution in [2.45, 2.75) is 57.7 Å². The van der Waals surface area contributed by atoms with Crippen LogP contribution in [0.2, 0.25) is 0 Å². The van der Waals surface area contributed by atoms with Crippen molar-refractivity contribution in [3.8, 4) is 0 Å². The smallest absolute Gasteiger partial charge is 0.411 e. The normalized spacial score (nSPS) is 27.6. The first-order valence-corrected chi connectivity index (χ1v) is 7.26. The fraction of sp³-hybridized carbons (Fsp3) is 0.786. The average Bonchev–Trinajstić information content (AvgIpc) is 2.93. The summed E-state index contributed by atoms with van der Waals surface area (Å²) in [6.45, 7) is 5.17. The molecule has 0 spiro atoms. The quantitative estimate of drug-likeness (QED) is 0.786. The van der Waals surface area contributed by atoms with Gasteiger partial charge in [0.1, 0.15) is 11.6 Å². The van der Waals surface area contributed by atoms with E-state index in [2.05, 4.69) is 5.32 Å². The minimum atomic E-state index is -0.604. The molecule has 1 saturated carbocycles. The summed E-state index contributed by atoms with van der Waals surface area (Å²) in [6, 6.07) is -0.507. The van der Waals surface area contributed by atoms with Gasteiger partial charge in [0.25, 0.3) is 0 Å². The molecule has 0 aromatic rings. The van der Waals surface area contributed by atoms with Crippen LogP contribution in [0.3, 0.4) is 0 Å². The van der Waals surface area contributed by atoms with Crippen LogP contribution in [-0.2, 0) is 14.3 Å². The summed E-state index contributed by atoms with van der Waals surface area (Å²) in [4.78, 5) is 36.9. The molecular formula is C14H23N3O4. The Hall–Kier alpha value is -1.79. The summed E-state index contributed by atoms with van der Waals surface area (Å²) in [6.07, 6.45) is 2.16. The summed E-state index contributed by atoms with van der Waals surface area (Å²) < 4.78 is 5.40. The number of rotatable bonds is 3. The molecule has 2 aliphatic rings. The molecule has 0 aromatic carbocycles. The highest BCUT2D eigenvalue weighted by Gasteiger charge is 2.52. The molecule has 1 unspecified atom stereocenters. The van der Waals surface area contributed by atoms with Gasteiger partial charge in [-0.05, 0) is 46.0 Å². The second-order valence-corrected chi connectivity index (χ2v) is 6.74. The monoisotopic (exact) mass is 297 g/mol. The van der Waals surface area contributed by atoms with E-state index in [0.29, 0.717) is 0 Å². The number of likely N-dealkylation sites (tertiary alicyclic amines) is 1. The standard InChI is InChI=1S/C14H23N3O4/c1-14(2,3)21-13(20)17-9-5-4-8(6-9)11(17)12(19)16-7-10(15)18/h8-9,11H,4-7H2,1-3H3,(H2,15,18)(H,16,19)/t8?,9-,11+/m1/s1. The third-order valence-electron chi connectivity index (χ3n) is 3.89. The first-order valence-electron chi connectivity index (χ1n) is 7.26. The predicted octanol–water partition coefficient (Wildman–Crippen LogP) is 0.376. The second kappa shape index (κ2) is 5.54. The fourth-order valence-corrected chi connectivity index (χ4v) is 3.18. The highest BCUT2D eigenvalue weighted by atomic mass is 16.6. The number of hydrogen-bond acceptors (Lipinski definition) is 4. The summed E-state index contributed by atoms with van der Waals surface area (Å²) in [5, 5.41) is 2.49. The molecule has 3 amide bonds. The molecule has 7 nitrogen and oxygen atoms in total. The van der Waals surface area contributed by atoms with Crippen LogP contribution < -0.4 is 11.1 Å². The van der Waals surface area contributed by atoms with E-state index < -0.39 is 23.6 Å². The van der Waals surface area contributed by atoms with E-state index in [0.717, 1.165) is 19.3 Å². The number of ether oxygens (including phenoxy) is 1. The van der Waals surface area contributed by atoms with Gasteiger partial charge in [0.05, 0.1) is 6.54 Å². The van der Waals surface area contributed by atoms with E-state index in [1.54, 1.807) is 20.8 Å². The molecular weight excluding hydrogens is 274 g/mol.